The van der Waals surface area contributed by atoms with Crippen LogP contribution in [0.3, 0.4) is 0 Å². The second-order valence-electron chi connectivity index (χ2n) is 4.14. The fourth-order valence-corrected chi connectivity index (χ4v) is 3.71. The molecule has 0 unspecified atom stereocenters. The van der Waals surface area contributed by atoms with Crippen LogP contribution in [0.4, 0.5) is 0 Å². The maximum Gasteiger partial charge on any atom is 0.124 e. The number of hydrogen-bond acceptors (Lipinski definition) is 4. The molecule has 1 N–H and O–H groups in total. The summed E-state index contributed by atoms with van der Waals surface area (Å²) in [5.74, 6) is 0.743. The van der Waals surface area contributed by atoms with Crippen molar-refractivity contribution in [2.24, 2.45) is 0 Å². The van der Waals surface area contributed by atoms with Crippen LogP contribution in [0.2, 0.25) is 0 Å². The lowest BCUT2D eigenvalue weighted by Crippen LogP contribution is -2.05. The number of thiazole rings is 1. The zero-order chi connectivity index (χ0) is 11.0. The fraction of sp³-hybridized carbons (Fsp3) is 0.417. The van der Waals surface area contributed by atoms with E-state index < -0.39 is 0 Å². The number of nitrogens with one attached hydrogen (secondary N) is 1. The molecule has 2 aromatic rings. The summed E-state index contributed by atoms with van der Waals surface area (Å²) in [6.07, 6.45) is 2.65. The Labute approximate surface area is 103 Å². The van der Waals surface area contributed by atoms with Gasteiger partial charge in [-0.15, -0.1) is 11.3 Å². The largest absolute Gasteiger partial charge is 0.315 e. The summed E-state index contributed by atoms with van der Waals surface area (Å²) in [6.45, 7) is 0.952. The molecule has 2 nitrogen and oxygen atoms in total. The number of aromatic nitrogens is 1. The molecule has 1 aliphatic rings. The molecule has 0 radical (unpaired) electrons. The van der Waals surface area contributed by atoms with Gasteiger partial charge in [-0.1, -0.05) is 0 Å². The van der Waals surface area contributed by atoms with Crippen molar-refractivity contribution in [1.29, 1.82) is 0 Å². The number of nitrogens with zero attached hydrogens (tertiary/aromatic N) is 1. The van der Waals surface area contributed by atoms with Gasteiger partial charge < -0.3 is 5.32 Å². The van der Waals surface area contributed by atoms with Gasteiger partial charge >= 0.3 is 0 Å². The van der Waals surface area contributed by atoms with Gasteiger partial charge in [0.25, 0.3) is 0 Å². The monoisotopic (exact) mass is 250 g/mol. The van der Waals surface area contributed by atoms with E-state index in [1.807, 2.05) is 18.4 Å². The van der Waals surface area contributed by atoms with Crippen LogP contribution in [-0.2, 0) is 6.54 Å². The van der Waals surface area contributed by atoms with Gasteiger partial charge in [0, 0.05) is 28.3 Å². The highest BCUT2D eigenvalue weighted by Gasteiger charge is 2.29. The topological polar surface area (TPSA) is 24.9 Å². The van der Waals surface area contributed by atoms with Crippen LogP contribution >= 0.6 is 22.7 Å². The van der Waals surface area contributed by atoms with E-state index in [-0.39, 0.29) is 0 Å². The Hall–Kier alpha value is -0.710. The first kappa shape index (κ1) is 10.4. The summed E-state index contributed by atoms with van der Waals surface area (Å²) < 4.78 is 0. The van der Waals surface area contributed by atoms with Crippen LogP contribution in [0, 0.1) is 0 Å². The zero-order valence-corrected chi connectivity index (χ0v) is 10.8. The lowest BCUT2D eigenvalue weighted by Gasteiger charge is -1.97. The molecule has 0 bridgehead atoms. The minimum absolute atomic E-state index is 0.743. The molecule has 1 fully saturated rings. The lowest BCUT2D eigenvalue weighted by molar-refractivity contribution is 0.813. The molecule has 0 atom stereocenters. The SMILES string of the molecule is CNCc1sc(-c2ccsc2)nc1C1CC1. The fourth-order valence-electron chi connectivity index (χ4n) is 1.84. The van der Waals surface area contributed by atoms with Gasteiger partial charge in [0.2, 0.25) is 0 Å². The molecule has 0 aliphatic heterocycles. The molecule has 0 spiro atoms. The van der Waals surface area contributed by atoms with Crippen molar-refractivity contribution in [3.8, 4) is 10.6 Å². The number of rotatable bonds is 4. The summed E-state index contributed by atoms with van der Waals surface area (Å²) in [5, 5.41) is 8.72. The van der Waals surface area contributed by atoms with Crippen LogP contribution in [0.25, 0.3) is 10.6 Å². The van der Waals surface area contributed by atoms with Crippen molar-refractivity contribution in [3.05, 3.63) is 27.4 Å². The molecule has 2 heterocycles. The molecule has 16 heavy (non-hydrogen) atoms. The number of thiophene rings is 1. The zero-order valence-electron chi connectivity index (χ0n) is 9.19. The van der Waals surface area contributed by atoms with E-state index in [4.69, 9.17) is 4.98 Å². The average Bonchev–Trinajstić information content (AvgIpc) is 2.82. The maximum atomic E-state index is 4.82. The highest BCUT2D eigenvalue weighted by Crippen LogP contribution is 2.44. The maximum absolute atomic E-state index is 4.82. The minimum Gasteiger partial charge on any atom is -0.315 e. The first-order chi connectivity index (χ1) is 7.88. The predicted octanol–water partition coefficient (Wildman–Crippen LogP) is 3.47. The van der Waals surface area contributed by atoms with Gasteiger partial charge in [0.05, 0.1) is 5.69 Å². The van der Waals surface area contributed by atoms with E-state index >= 15 is 0 Å². The van der Waals surface area contributed by atoms with Crippen molar-refractivity contribution in [2.45, 2.75) is 25.3 Å². The molecular formula is C12H14N2S2. The Morgan fingerprint density at radius 3 is 3.00 bits per heavy atom. The third-order valence-electron chi connectivity index (χ3n) is 2.80. The average molecular weight is 250 g/mol. The van der Waals surface area contributed by atoms with Gasteiger partial charge in [0.15, 0.2) is 0 Å². The molecule has 1 saturated carbocycles. The molecule has 0 amide bonds. The van der Waals surface area contributed by atoms with Crippen LogP contribution in [0.15, 0.2) is 16.8 Å². The van der Waals surface area contributed by atoms with Crippen molar-refractivity contribution in [2.75, 3.05) is 7.05 Å². The van der Waals surface area contributed by atoms with Crippen LogP contribution in [0.5, 0.6) is 0 Å². The van der Waals surface area contributed by atoms with Crippen molar-refractivity contribution in [1.82, 2.24) is 10.3 Å². The summed E-state index contributed by atoms with van der Waals surface area (Å²) in [7, 11) is 2.00. The normalized spacial score (nSPS) is 15.6. The van der Waals surface area contributed by atoms with Crippen molar-refractivity contribution < 1.29 is 0 Å². The van der Waals surface area contributed by atoms with Gasteiger partial charge in [-0.3, -0.25) is 0 Å². The molecule has 2 aromatic heterocycles. The van der Waals surface area contributed by atoms with Crippen LogP contribution in [-0.4, -0.2) is 12.0 Å². The summed E-state index contributed by atoms with van der Waals surface area (Å²) in [5.41, 5.74) is 2.62. The van der Waals surface area contributed by atoms with Gasteiger partial charge in [-0.05, 0) is 31.3 Å². The first-order valence-corrected chi connectivity index (χ1v) is 7.31. The van der Waals surface area contributed by atoms with E-state index in [0.717, 1.165) is 12.5 Å². The van der Waals surface area contributed by atoms with Gasteiger partial charge in [-0.2, -0.15) is 11.3 Å². The third kappa shape index (κ3) is 1.93. The Bertz CT molecular complexity index is 469. The molecule has 0 saturated heterocycles. The highest BCUT2D eigenvalue weighted by molar-refractivity contribution is 7.15. The van der Waals surface area contributed by atoms with Crippen LogP contribution < -0.4 is 5.32 Å². The minimum atomic E-state index is 0.743. The quantitative estimate of drug-likeness (QED) is 0.898. The second kappa shape index (κ2) is 4.28. The Morgan fingerprint density at radius 2 is 2.38 bits per heavy atom. The molecule has 0 aromatic carbocycles. The molecular weight excluding hydrogens is 236 g/mol. The lowest BCUT2D eigenvalue weighted by atomic mass is 10.2. The van der Waals surface area contributed by atoms with Crippen molar-refractivity contribution in [3.63, 3.8) is 0 Å². The standard InChI is InChI=1S/C12H14N2S2/c1-13-6-10-11(8-2-3-8)14-12(16-10)9-4-5-15-7-9/h4-5,7-8,13H,2-3,6H2,1H3. The smallest absolute Gasteiger partial charge is 0.124 e. The summed E-state index contributed by atoms with van der Waals surface area (Å²) in [6, 6.07) is 2.16. The van der Waals surface area contributed by atoms with Gasteiger partial charge in [0.1, 0.15) is 5.01 Å². The third-order valence-corrected chi connectivity index (χ3v) is 4.60. The summed E-state index contributed by atoms with van der Waals surface area (Å²) >= 11 is 3.58. The Balaban J connectivity index is 1.97. The first-order valence-electron chi connectivity index (χ1n) is 5.55. The Morgan fingerprint density at radius 1 is 1.50 bits per heavy atom. The Kier molecular flexibility index (Phi) is 2.79. The van der Waals surface area contributed by atoms with E-state index in [1.165, 1.54) is 34.0 Å². The number of hydrogen-bond donors (Lipinski definition) is 1. The highest BCUT2D eigenvalue weighted by atomic mass is 32.1. The van der Waals surface area contributed by atoms with Crippen molar-refractivity contribution >= 4 is 22.7 Å². The summed E-state index contributed by atoms with van der Waals surface area (Å²) in [4.78, 5) is 6.24. The second-order valence-corrected chi connectivity index (χ2v) is 6.01. The van der Waals surface area contributed by atoms with E-state index in [0.29, 0.717) is 0 Å². The predicted molar refractivity (Wildman–Crippen MR) is 70.2 cm³/mol. The van der Waals surface area contributed by atoms with Gasteiger partial charge in [-0.25, -0.2) is 4.98 Å². The van der Waals surface area contributed by atoms with E-state index in [9.17, 15) is 0 Å². The molecule has 4 heteroatoms. The van der Waals surface area contributed by atoms with E-state index in [2.05, 4.69) is 22.1 Å². The molecule has 3 rings (SSSR count). The molecule has 1 aliphatic carbocycles. The van der Waals surface area contributed by atoms with Crippen LogP contribution in [0.1, 0.15) is 29.3 Å². The molecule has 84 valence electrons. The van der Waals surface area contributed by atoms with E-state index in [1.54, 1.807) is 11.3 Å².